The van der Waals surface area contributed by atoms with Gasteiger partial charge in [-0.1, -0.05) is 37.1 Å². The van der Waals surface area contributed by atoms with Crippen molar-refractivity contribution in [3.63, 3.8) is 0 Å². The van der Waals surface area contributed by atoms with Crippen LogP contribution in [-0.2, 0) is 14.3 Å². The molecule has 0 radical (unpaired) electrons. The Labute approximate surface area is 212 Å². The number of carbonyl (C=O) groups is 4. The highest BCUT2D eigenvalue weighted by atomic mass is 35.5. The van der Waals surface area contributed by atoms with Crippen molar-refractivity contribution in [2.24, 2.45) is 0 Å². The van der Waals surface area contributed by atoms with E-state index in [-0.39, 0.29) is 27.8 Å². The molecular formula is C25H25ClN2O6S. The van der Waals surface area contributed by atoms with E-state index < -0.39 is 29.6 Å². The molecule has 0 atom stereocenters. The SMILES string of the molecule is CCCCOC(=O)c1cc(NC(=O)CN2C(=O)S/C(=C/c3ccc(C)c(OC)c3)C2=O)ccc1Cl. The number of nitrogens with one attached hydrogen (secondary N) is 1. The van der Waals surface area contributed by atoms with Crippen LogP contribution < -0.4 is 10.1 Å². The average molecular weight is 517 g/mol. The second kappa shape index (κ2) is 11.9. The lowest BCUT2D eigenvalue weighted by atomic mass is 10.1. The second-order valence-corrected chi connectivity index (χ2v) is 9.13. The predicted molar refractivity (Wildman–Crippen MR) is 136 cm³/mol. The maximum Gasteiger partial charge on any atom is 0.339 e. The third-order valence-electron chi connectivity index (χ3n) is 5.11. The third-order valence-corrected chi connectivity index (χ3v) is 6.34. The van der Waals surface area contributed by atoms with Crippen LogP contribution in [0.3, 0.4) is 0 Å². The maximum absolute atomic E-state index is 12.8. The van der Waals surface area contributed by atoms with Gasteiger partial charge < -0.3 is 14.8 Å². The molecule has 8 nitrogen and oxygen atoms in total. The fourth-order valence-corrected chi connectivity index (χ4v) is 4.24. The van der Waals surface area contributed by atoms with Crippen molar-refractivity contribution in [3.8, 4) is 5.75 Å². The van der Waals surface area contributed by atoms with Crippen molar-refractivity contribution in [1.82, 2.24) is 4.90 Å². The number of benzene rings is 2. The molecule has 0 aromatic heterocycles. The number of nitrogens with zero attached hydrogens (tertiary/aromatic N) is 1. The lowest BCUT2D eigenvalue weighted by molar-refractivity contribution is -0.127. The Morgan fingerprint density at radius 2 is 1.94 bits per heavy atom. The molecule has 1 aliphatic rings. The number of methoxy groups -OCH3 is 1. The first-order valence-corrected chi connectivity index (χ1v) is 12.1. The summed E-state index contributed by atoms with van der Waals surface area (Å²) in [6.45, 7) is 3.67. The summed E-state index contributed by atoms with van der Waals surface area (Å²) < 4.78 is 10.5. The molecule has 1 saturated heterocycles. The van der Waals surface area contributed by atoms with E-state index in [4.69, 9.17) is 21.1 Å². The van der Waals surface area contributed by atoms with Gasteiger partial charge in [0, 0.05) is 5.69 Å². The summed E-state index contributed by atoms with van der Waals surface area (Å²) in [5.41, 5.74) is 2.04. The van der Waals surface area contributed by atoms with Crippen LogP contribution in [0.4, 0.5) is 10.5 Å². The van der Waals surface area contributed by atoms with Gasteiger partial charge in [-0.2, -0.15) is 0 Å². The quantitative estimate of drug-likeness (QED) is 0.274. The van der Waals surface area contributed by atoms with Crippen LogP contribution in [0.5, 0.6) is 5.75 Å². The number of unbranched alkanes of at least 4 members (excludes halogenated alkanes) is 1. The lowest BCUT2D eigenvalue weighted by Gasteiger charge is -2.13. The van der Waals surface area contributed by atoms with Crippen LogP contribution in [0.2, 0.25) is 5.02 Å². The normalized spacial score (nSPS) is 14.4. The molecule has 1 fully saturated rings. The molecule has 0 bridgehead atoms. The van der Waals surface area contributed by atoms with Gasteiger partial charge in [0.25, 0.3) is 11.1 Å². The van der Waals surface area contributed by atoms with Gasteiger partial charge in [-0.15, -0.1) is 0 Å². The van der Waals surface area contributed by atoms with E-state index in [1.165, 1.54) is 18.2 Å². The molecule has 3 rings (SSSR count). The fourth-order valence-electron chi connectivity index (χ4n) is 3.20. The van der Waals surface area contributed by atoms with Gasteiger partial charge >= 0.3 is 5.97 Å². The highest BCUT2D eigenvalue weighted by Gasteiger charge is 2.36. The van der Waals surface area contributed by atoms with Crippen molar-refractivity contribution in [3.05, 3.63) is 63.0 Å². The van der Waals surface area contributed by atoms with Crippen LogP contribution >= 0.6 is 23.4 Å². The minimum absolute atomic E-state index is 0.114. The molecule has 10 heteroatoms. The summed E-state index contributed by atoms with van der Waals surface area (Å²) in [6, 6.07) is 9.80. The fraction of sp³-hybridized carbons (Fsp3) is 0.280. The molecule has 35 heavy (non-hydrogen) atoms. The Hall–Kier alpha value is -3.30. The molecule has 0 aliphatic carbocycles. The summed E-state index contributed by atoms with van der Waals surface area (Å²) in [6.07, 6.45) is 3.18. The zero-order valence-corrected chi connectivity index (χ0v) is 21.1. The first kappa shape index (κ1) is 26.3. The van der Waals surface area contributed by atoms with Crippen LogP contribution in [0.1, 0.15) is 41.3 Å². The Morgan fingerprint density at radius 3 is 2.66 bits per heavy atom. The number of thioether (sulfide) groups is 1. The van der Waals surface area contributed by atoms with Crippen molar-refractivity contribution >= 4 is 58.1 Å². The number of carbonyl (C=O) groups excluding carboxylic acids is 4. The molecule has 1 N–H and O–H groups in total. The monoisotopic (exact) mass is 516 g/mol. The average Bonchev–Trinajstić information content (AvgIpc) is 3.08. The van der Waals surface area contributed by atoms with Crippen LogP contribution in [0, 0.1) is 6.92 Å². The Bertz CT molecular complexity index is 1200. The van der Waals surface area contributed by atoms with Gasteiger partial charge in [0.1, 0.15) is 12.3 Å². The van der Waals surface area contributed by atoms with Gasteiger partial charge in [0.05, 0.1) is 29.2 Å². The Balaban J connectivity index is 1.67. The zero-order valence-electron chi connectivity index (χ0n) is 19.6. The summed E-state index contributed by atoms with van der Waals surface area (Å²) in [5.74, 6) is -1.10. The van der Waals surface area contributed by atoms with Crippen molar-refractivity contribution in [2.45, 2.75) is 26.7 Å². The first-order chi connectivity index (χ1) is 16.7. The number of ether oxygens (including phenoxy) is 2. The molecule has 3 amide bonds. The standard InChI is InChI=1S/C25H25ClN2O6S/c1-4-5-10-34-24(31)18-13-17(8-9-19(18)26)27-22(29)14-28-23(30)21(35-25(28)32)12-16-7-6-15(2)20(11-16)33-3/h6-9,11-13H,4-5,10,14H2,1-3H3,(H,27,29)/b21-12+. The molecule has 0 spiro atoms. The molecule has 2 aromatic rings. The molecule has 0 saturated carbocycles. The van der Waals surface area contributed by atoms with Crippen LogP contribution in [-0.4, -0.2) is 48.2 Å². The van der Waals surface area contributed by atoms with E-state index in [1.807, 2.05) is 26.0 Å². The van der Waals surface area contributed by atoms with Crippen LogP contribution in [0.25, 0.3) is 6.08 Å². The lowest BCUT2D eigenvalue weighted by Crippen LogP contribution is -2.36. The largest absolute Gasteiger partial charge is 0.496 e. The molecule has 1 aliphatic heterocycles. The summed E-state index contributed by atoms with van der Waals surface area (Å²) in [4.78, 5) is 51.1. The number of esters is 1. The van der Waals surface area contributed by atoms with Gasteiger partial charge in [0.2, 0.25) is 5.91 Å². The van der Waals surface area contributed by atoms with Gasteiger partial charge in [-0.05, 0) is 66.6 Å². The number of imide groups is 1. The first-order valence-electron chi connectivity index (χ1n) is 10.9. The maximum atomic E-state index is 12.8. The molecule has 0 unspecified atom stereocenters. The minimum atomic E-state index is -0.599. The number of amides is 3. The zero-order chi connectivity index (χ0) is 25.5. The predicted octanol–water partition coefficient (Wildman–Crippen LogP) is 5.29. The van der Waals surface area contributed by atoms with Crippen molar-refractivity contribution < 1.29 is 28.7 Å². The third kappa shape index (κ3) is 6.64. The number of aryl methyl sites for hydroxylation is 1. The van der Waals surface area contributed by atoms with E-state index in [1.54, 1.807) is 19.3 Å². The smallest absolute Gasteiger partial charge is 0.339 e. The number of halogens is 1. The summed E-state index contributed by atoms with van der Waals surface area (Å²) in [5, 5.41) is 2.23. The second-order valence-electron chi connectivity index (χ2n) is 7.73. The van der Waals surface area contributed by atoms with E-state index >= 15 is 0 Å². The Morgan fingerprint density at radius 1 is 1.17 bits per heavy atom. The van der Waals surface area contributed by atoms with Crippen molar-refractivity contribution in [1.29, 1.82) is 0 Å². The van der Waals surface area contributed by atoms with E-state index in [2.05, 4.69) is 5.32 Å². The van der Waals surface area contributed by atoms with Crippen molar-refractivity contribution in [2.75, 3.05) is 25.6 Å². The number of hydrogen-bond acceptors (Lipinski definition) is 7. The summed E-state index contributed by atoms with van der Waals surface area (Å²) in [7, 11) is 1.55. The minimum Gasteiger partial charge on any atom is -0.496 e. The van der Waals surface area contributed by atoms with E-state index in [0.717, 1.165) is 35.1 Å². The van der Waals surface area contributed by atoms with E-state index in [0.29, 0.717) is 11.3 Å². The van der Waals surface area contributed by atoms with Crippen LogP contribution in [0.15, 0.2) is 41.3 Å². The van der Waals surface area contributed by atoms with Gasteiger partial charge in [0.15, 0.2) is 0 Å². The molecule has 2 aromatic carbocycles. The molecular weight excluding hydrogens is 492 g/mol. The molecule has 1 heterocycles. The topological polar surface area (TPSA) is 102 Å². The Kier molecular flexibility index (Phi) is 8.95. The molecule has 184 valence electrons. The number of rotatable bonds is 9. The summed E-state index contributed by atoms with van der Waals surface area (Å²) >= 11 is 6.86. The van der Waals surface area contributed by atoms with Gasteiger partial charge in [-0.3, -0.25) is 19.3 Å². The van der Waals surface area contributed by atoms with Gasteiger partial charge in [-0.25, -0.2) is 4.79 Å². The van der Waals surface area contributed by atoms with E-state index in [9.17, 15) is 19.2 Å². The number of hydrogen-bond donors (Lipinski definition) is 1. The number of anilines is 1. The highest BCUT2D eigenvalue weighted by Crippen LogP contribution is 2.33. The highest BCUT2D eigenvalue weighted by molar-refractivity contribution is 8.18.